The molecule has 0 spiro atoms. The molecule has 1 aromatic carbocycles. The van der Waals surface area contributed by atoms with Crippen molar-refractivity contribution in [1.29, 1.82) is 0 Å². The highest BCUT2D eigenvalue weighted by Crippen LogP contribution is 2.28. The van der Waals surface area contributed by atoms with Crippen molar-refractivity contribution >= 4 is 21.0 Å². The van der Waals surface area contributed by atoms with Crippen molar-refractivity contribution in [2.45, 2.75) is 39.0 Å². The molecule has 1 saturated carbocycles. The highest BCUT2D eigenvalue weighted by molar-refractivity contribution is 7.87. The number of nitrogens with zero attached hydrogens (tertiary/aromatic N) is 1. The van der Waals surface area contributed by atoms with Crippen LogP contribution in [0.1, 0.15) is 37.8 Å². The second kappa shape index (κ2) is 6.24. The molecule has 4 nitrogen and oxygen atoms in total. The second-order valence-corrected chi connectivity index (χ2v) is 7.71. The first kappa shape index (κ1) is 15.3. The van der Waals surface area contributed by atoms with Gasteiger partial charge in [-0.05, 0) is 37.8 Å². The lowest BCUT2D eigenvalue weighted by molar-refractivity contribution is 0.375. The fourth-order valence-electron chi connectivity index (χ4n) is 3.10. The summed E-state index contributed by atoms with van der Waals surface area (Å²) in [4.78, 5) is 4.42. The van der Waals surface area contributed by atoms with E-state index in [-0.39, 0.29) is 11.7 Å². The van der Waals surface area contributed by atoms with Crippen LogP contribution in [-0.2, 0) is 10.1 Å². The molecular formula is C17H21NO3S. The Bertz CT molecular complexity index is 765. The van der Waals surface area contributed by atoms with Crippen LogP contribution in [0.5, 0.6) is 5.75 Å². The van der Waals surface area contributed by atoms with Gasteiger partial charge in [0, 0.05) is 11.1 Å². The van der Waals surface area contributed by atoms with Crippen molar-refractivity contribution in [3.63, 3.8) is 0 Å². The summed E-state index contributed by atoms with van der Waals surface area (Å²) in [5.74, 6) is 0.662. The summed E-state index contributed by atoms with van der Waals surface area (Å²) >= 11 is 0. The lowest BCUT2D eigenvalue weighted by atomic mass is 9.91. The van der Waals surface area contributed by atoms with Gasteiger partial charge in [-0.25, -0.2) is 4.98 Å². The quantitative estimate of drug-likeness (QED) is 0.804. The summed E-state index contributed by atoms with van der Waals surface area (Å²) in [6.07, 6.45) is 5.42. The highest BCUT2D eigenvalue weighted by atomic mass is 32.2. The zero-order valence-corrected chi connectivity index (χ0v) is 13.6. The molecule has 3 rings (SSSR count). The number of hydrogen-bond acceptors (Lipinski definition) is 4. The molecule has 0 N–H and O–H groups in total. The normalized spacial score (nSPS) is 16.8. The largest absolute Gasteiger partial charge is 0.380 e. The van der Waals surface area contributed by atoms with Gasteiger partial charge in [-0.15, -0.1) is 0 Å². The van der Waals surface area contributed by atoms with E-state index in [1.807, 2.05) is 25.1 Å². The number of para-hydroxylation sites is 1. The van der Waals surface area contributed by atoms with E-state index in [1.165, 1.54) is 6.42 Å². The van der Waals surface area contributed by atoms with Crippen molar-refractivity contribution in [3.05, 3.63) is 36.0 Å². The number of hydrogen-bond donors (Lipinski definition) is 0. The van der Waals surface area contributed by atoms with E-state index >= 15 is 0 Å². The molecule has 1 heterocycles. The molecular weight excluding hydrogens is 298 g/mol. The van der Waals surface area contributed by atoms with Gasteiger partial charge in [0.15, 0.2) is 5.75 Å². The summed E-state index contributed by atoms with van der Waals surface area (Å²) in [6.45, 7) is 1.88. The number of fused-ring (bicyclic) bond motifs is 1. The fraction of sp³-hybridized carbons (Fsp3) is 0.471. The summed E-state index contributed by atoms with van der Waals surface area (Å²) in [7, 11) is -3.58. The predicted molar refractivity (Wildman–Crippen MR) is 87.5 cm³/mol. The molecule has 0 radical (unpaired) electrons. The number of aryl methyl sites for hydroxylation is 1. The van der Waals surface area contributed by atoms with Gasteiger partial charge < -0.3 is 4.18 Å². The lowest BCUT2D eigenvalue weighted by Crippen LogP contribution is -2.22. The predicted octanol–water partition coefficient (Wildman–Crippen LogP) is 3.83. The van der Waals surface area contributed by atoms with Gasteiger partial charge >= 0.3 is 10.1 Å². The van der Waals surface area contributed by atoms with E-state index < -0.39 is 10.1 Å². The third kappa shape index (κ3) is 3.58. The molecule has 1 aliphatic rings. The number of pyridine rings is 1. The smallest absolute Gasteiger partial charge is 0.309 e. The van der Waals surface area contributed by atoms with E-state index in [0.29, 0.717) is 11.3 Å². The molecule has 0 atom stereocenters. The minimum absolute atomic E-state index is 0.106. The van der Waals surface area contributed by atoms with Gasteiger partial charge in [-0.2, -0.15) is 8.42 Å². The molecule has 22 heavy (non-hydrogen) atoms. The van der Waals surface area contributed by atoms with Crippen LogP contribution in [0.2, 0.25) is 0 Å². The maximum atomic E-state index is 12.3. The first-order valence-electron chi connectivity index (χ1n) is 7.82. The number of aromatic nitrogens is 1. The summed E-state index contributed by atoms with van der Waals surface area (Å²) in [6, 6.07) is 9.21. The van der Waals surface area contributed by atoms with Crippen LogP contribution in [-0.4, -0.2) is 19.2 Å². The zero-order valence-electron chi connectivity index (χ0n) is 12.8. The SMILES string of the molecule is Cc1ccc2cccc(OS(=O)(=O)CC3CCCCC3)c2n1. The first-order valence-corrected chi connectivity index (χ1v) is 9.40. The second-order valence-electron chi connectivity index (χ2n) is 6.09. The standard InChI is InChI=1S/C17H21NO3S/c1-13-10-11-15-8-5-9-16(17(15)18-13)21-22(19,20)12-14-6-3-2-4-7-14/h5,8-11,14H,2-4,6-7,12H2,1H3. The monoisotopic (exact) mass is 319 g/mol. The van der Waals surface area contributed by atoms with Crippen LogP contribution >= 0.6 is 0 Å². The topological polar surface area (TPSA) is 56.3 Å². The van der Waals surface area contributed by atoms with E-state index in [4.69, 9.17) is 4.18 Å². The molecule has 1 aliphatic carbocycles. The molecule has 5 heteroatoms. The van der Waals surface area contributed by atoms with Crippen molar-refractivity contribution in [2.75, 3.05) is 5.75 Å². The molecule has 0 bridgehead atoms. The van der Waals surface area contributed by atoms with E-state index in [0.717, 1.165) is 36.8 Å². The van der Waals surface area contributed by atoms with Crippen molar-refractivity contribution < 1.29 is 12.6 Å². The van der Waals surface area contributed by atoms with Gasteiger partial charge in [-0.1, -0.05) is 37.5 Å². The van der Waals surface area contributed by atoms with Gasteiger partial charge in [0.05, 0.1) is 5.75 Å². The van der Waals surface area contributed by atoms with E-state index in [9.17, 15) is 8.42 Å². The minimum atomic E-state index is -3.58. The molecule has 0 amide bonds. The molecule has 1 aromatic heterocycles. The molecule has 0 saturated heterocycles. The van der Waals surface area contributed by atoms with Crippen molar-refractivity contribution in [3.8, 4) is 5.75 Å². The Morgan fingerprint density at radius 3 is 2.68 bits per heavy atom. The van der Waals surface area contributed by atoms with E-state index in [2.05, 4.69) is 4.98 Å². The Labute approximate surface area is 131 Å². The van der Waals surface area contributed by atoms with Crippen LogP contribution in [0, 0.1) is 12.8 Å². The Hall–Kier alpha value is -1.62. The maximum Gasteiger partial charge on any atom is 0.309 e. The molecule has 2 aromatic rings. The Morgan fingerprint density at radius 1 is 1.14 bits per heavy atom. The van der Waals surface area contributed by atoms with Crippen LogP contribution < -0.4 is 4.18 Å². The van der Waals surface area contributed by atoms with Gasteiger partial charge in [0.1, 0.15) is 5.52 Å². The molecule has 1 fully saturated rings. The van der Waals surface area contributed by atoms with Crippen LogP contribution in [0.3, 0.4) is 0 Å². The minimum Gasteiger partial charge on any atom is -0.380 e. The zero-order chi connectivity index (χ0) is 15.6. The molecule has 118 valence electrons. The Balaban J connectivity index is 1.83. The van der Waals surface area contributed by atoms with Crippen LogP contribution in [0.4, 0.5) is 0 Å². The van der Waals surface area contributed by atoms with Gasteiger partial charge in [0.2, 0.25) is 0 Å². The van der Waals surface area contributed by atoms with Crippen LogP contribution in [0.25, 0.3) is 10.9 Å². The van der Waals surface area contributed by atoms with Gasteiger partial charge in [0.25, 0.3) is 0 Å². The highest BCUT2D eigenvalue weighted by Gasteiger charge is 2.23. The fourth-order valence-corrected chi connectivity index (χ4v) is 4.48. The summed E-state index contributed by atoms with van der Waals surface area (Å²) in [5, 5.41) is 0.885. The summed E-state index contributed by atoms with van der Waals surface area (Å²) < 4.78 is 30.1. The average Bonchev–Trinajstić information content (AvgIpc) is 2.48. The first-order chi connectivity index (χ1) is 10.5. The van der Waals surface area contributed by atoms with Gasteiger partial charge in [-0.3, -0.25) is 0 Å². The van der Waals surface area contributed by atoms with Crippen LogP contribution in [0.15, 0.2) is 30.3 Å². The maximum absolute atomic E-state index is 12.3. The van der Waals surface area contributed by atoms with Crippen molar-refractivity contribution in [1.82, 2.24) is 4.98 Å². The van der Waals surface area contributed by atoms with E-state index in [1.54, 1.807) is 12.1 Å². The summed E-state index contributed by atoms with van der Waals surface area (Å²) in [5.41, 5.74) is 1.45. The third-order valence-corrected chi connectivity index (χ3v) is 5.52. The lowest BCUT2D eigenvalue weighted by Gasteiger charge is -2.21. The third-order valence-electron chi connectivity index (χ3n) is 4.20. The Morgan fingerprint density at radius 2 is 1.91 bits per heavy atom. The number of rotatable bonds is 4. The number of benzene rings is 1. The molecule has 0 aliphatic heterocycles. The van der Waals surface area contributed by atoms with Crippen molar-refractivity contribution in [2.24, 2.45) is 5.92 Å². The average molecular weight is 319 g/mol. The Kier molecular flexibility index (Phi) is 4.34. The molecule has 0 unspecified atom stereocenters.